The first-order chi connectivity index (χ1) is 13.4. The Hall–Kier alpha value is -2.57. The second kappa shape index (κ2) is 8.63. The highest BCUT2D eigenvalue weighted by molar-refractivity contribution is 6.33. The van der Waals surface area contributed by atoms with E-state index in [0.29, 0.717) is 34.5 Å². The molecule has 2 aromatic heterocycles. The summed E-state index contributed by atoms with van der Waals surface area (Å²) in [7, 11) is 3.84. The summed E-state index contributed by atoms with van der Waals surface area (Å²) in [5.41, 5.74) is 2.77. The van der Waals surface area contributed by atoms with Crippen LogP contribution in [-0.2, 0) is 13.1 Å². The third-order valence-electron chi connectivity index (χ3n) is 4.29. The molecule has 0 saturated carbocycles. The molecule has 1 N–H and O–H groups in total. The fourth-order valence-corrected chi connectivity index (χ4v) is 3.31. The summed E-state index contributed by atoms with van der Waals surface area (Å²) in [6.07, 6.45) is 1.72. The number of carbonyl (C=O) groups is 1. The van der Waals surface area contributed by atoms with Crippen LogP contribution in [-0.4, -0.2) is 34.8 Å². The van der Waals surface area contributed by atoms with Gasteiger partial charge in [0.1, 0.15) is 11.0 Å². The molecule has 6 nitrogen and oxygen atoms in total. The number of halogens is 2. The number of aromatic nitrogens is 3. The van der Waals surface area contributed by atoms with E-state index in [2.05, 4.69) is 15.4 Å². The van der Waals surface area contributed by atoms with Crippen molar-refractivity contribution in [2.75, 3.05) is 19.0 Å². The van der Waals surface area contributed by atoms with Gasteiger partial charge in [0.05, 0.1) is 17.8 Å². The van der Waals surface area contributed by atoms with Crippen LogP contribution in [0.25, 0.3) is 0 Å². The summed E-state index contributed by atoms with van der Waals surface area (Å²) >= 11 is 12.7. The molecule has 28 heavy (non-hydrogen) atoms. The number of hydrogen-bond donors (Lipinski definition) is 1. The van der Waals surface area contributed by atoms with Crippen molar-refractivity contribution in [3.05, 3.63) is 75.2 Å². The number of rotatable bonds is 6. The molecule has 3 rings (SSSR count). The third-order valence-corrected chi connectivity index (χ3v) is 5.04. The van der Waals surface area contributed by atoms with E-state index in [9.17, 15) is 4.79 Å². The third kappa shape index (κ3) is 4.46. The normalized spacial score (nSPS) is 10.8. The SMILES string of the molecule is Cc1nn(Cc2ccccc2Cl)c(Cl)c1C(=O)NCc1ccnc(N(C)C)c1. The molecule has 146 valence electrons. The van der Waals surface area contributed by atoms with Gasteiger partial charge in [0.2, 0.25) is 0 Å². The van der Waals surface area contributed by atoms with Crippen molar-refractivity contribution in [3.63, 3.8) is 0 Å². The van der Waals surface area contributed by atoms with Crippen molar-refractivity contribution < 1.29 is 4.79 Å². The lowest BCUT2D eigenvalue weighted by atomic mass is 10.2. The van der Waals surface area contributed by atoms with Gasteiger partial charge < -0.3 is 10.2 Å². The van der Waals surface area contributed by atoms with Crippen LogP contribution in [0.15, 0.2) is 42.6 Å². The minimum absolute atomic E-state index is 0.267. The Morgan fingerprint density at radius 3 is 2.68 bits per heavy atom. The molecule has 0 atom stereocenters. The Morgan fingerprint density at radius 2 is 1.96 bits per heavy atom. The van der Waals surface area contributed by atoms with Crippen molar-refractivity contribution >= 4 is 34.9 Å². The first kappa shape index (κ1) is 20.2. The molecule has 3 aromatic rings. The van der Waals surface area contributed by atoms with E-state index in [1.54, 1.807) is 17.8 Å². The predicted molar refractivity (Wildman–Crippen MR) is 112 cm³/mol. The number of pyridine rings is 1. The predicted octanol–water partition coefficient (Wildman–Crippen LogP) is 3.94. The number of amides is 1. The Labute approximate surface area is 174 Å². The van der Waals surface area contributed by atoms with E-state index in [4.69, 9.17) is 23.2 Å². The van der Waals surface area contributed by atoms with Crippen molar-refractivity contribution in [2.24, 2.45) is 0 Å². The fourth-order valence-electron chi connectivity index (χ4n) is 2.79. The quantitative estimate of drug-likeness (QED) is 0.659. The number of carbonyl (C=O) groups excluding carboxylic acids is 1. The van der Waals surface area contributed by atoms with Gasteiger partial charge in [-0.15, -0.1) is 0 Å². The summed E-state index contributed by atoms with van der Waals surface area (Å²) in [6.45, 7) is 2.53. The molecule has 1 aromatic carbocycles. The summed E-state index contributed by atoms with van der Waals surface area (Å²) in [4.78, 5) is 18.9. The van der Waals surface area contributed by atoms with E-state index in [1.165, 1.54) is 0 Å². The van der Waals surface area contributed by atoms with Gasteiger partial charge in [-0.1, -0.05) is 41.4 Å². The van der Waals surface area contributed by atoms with Gasteiger partial charge in [-0.3, -0.25) is 4.79 Å². The maximum absolute atomic E-state index is 12.7. The Balaban J connectivity index is 1.75. The summed E-state index contributed by atoms with van der Waals surface area (Å²) < 4.78 is 1.59. The maximum atomic E-state index is 12.7. The van der Waals surface area contributed by atoms with E-state index in [1.807, 2.05) is 55.4 Å². The van der Waals surface area contributed by atoms with Crippen LogP contribution in [0.1, 0.15) is 27.2 Å². The molecule has 0 bridgehead atoms. The molecule has 0 fully saturated rings. The van der Waals surface area contributed by atoms with Crippen LogP contribution in [0.3, 0.4) is 0 Å². The highest BCUT2D eigenvalue weighted by Gasteiger charge is 2.20. The van der Waals surface area contributed by atoms with Gasteiger partial charge in [0.25, 0.3) is 5.91 Å². The summed E-state index contributed by atoms with van der Waals surface area (Å²) in [5.74, 6) is 0.560. The molecule has 0 unspecified atom stereocenters. The fraction of sp³-hybridized carbons (Fsp3) is 0.250. The van der Waals surface area contributed by atoms with Crippen molar-refractivity contribution in [1.82, 2.24) is 20.1 Å². The average molecular weight is 418 g/mol. The zero-order valence-corrected chi connectivity index (χ0v) is 17.4. The van der Waals surface area contributed by atoms with E-state index >= 15 is 0 Å². The lowest BCUT2D eigenvalue weighted by Gasteiger charge is -2.12. The molecule has 0 saturated heterocycles. The molecule has 0 aliphatic rings. The first-order valence-electron chi connectivity index (χ1n) is 8.73. The minimum Gasteiger partial charge on any atom is -0.363 e. The molecule has 0 aliphatic carbocycles. The van der Waals surface area contributed by atoms with Crippen molar-refractivity contribution in [1.29, 1.82) is 0 Å². The van der Waals surface area contributed by atoms with Gasteiger partial charge in [-0.25, -0.2) is 9.67 Å². The lowest BCUT2D eigenvalue weighted by molar-refractivity contribution is 0.0950. The molecule has 1 amide bonds. The molecule has 0 aliphatic heterocycles. The monoisotopic (exact) mass is 417 g/mol. The van der Waals surface area contributed by atoms with Crippen LogP contribution in [0.5, 0.6) is 0 Å². The number of anilines is 1. The zero-order chi connectivity index (χ0) is 20.3. The Kier molecular flexibility index (Phi) is 6.21. The number of nitrogens with zero attached hydrogens (tertiary/aromatic N) is 4. The van der Waals surface area contributed by atoms with Crippen LogP contribution >= 0.6 is 23.2 Å². The number of hydrogen-bond acceptors (Lipinski definition) is 4. The molecular weight excluding hydrogens is 397 g/mol. The molecule has 0 radical (unpaired) electrons. The smallest absolute Gasteiger partial charge is 0.256 e. The highest BCUT2D eigenvalue weighted by Crippen LogP contribution is 2.23. The van der Waals surface area contributed by atoms with Crippen molar-refractivity contribution in [3.8, 4) is 0 Å². The van der Waals surface area contributed by atoms with E-state index in [0.717, 1.165) is 16.9 Å². The topological polar surface area (TPSA) is 63.1 Å². The molecule has 2 heterocycles. The summed E-state index contributed by atoms with van der Waals surface area (Å²) in [6, 6.07) is 11.3. The Bertz CT molecular complexity index is 1000. The largest absolute Gasteiger partial charge is 0.363 e. The van der Waals surface area contributed by atoms with Gasteiger partial charge >= 0.3 is 0 Å². The second-order valence-corrected chi connectivity index (χ2v) is 7.36. The molecular formula is C20H21Cl2N5O. The van der Waals surface area contributed by atoms with E-state index < -0.39 is 0 Å². The van der Waals surface area contributed by atoms with Crippen LogP contribution in [0, 0.1) is 6.92 Å². The number of benzene rings is 1. The van der Waals surface area contributed by atoms with E-state index in [-0.39, 0.29) is 5.91 Å². The lowest BCUT2D eigenvalue weighted by Crippen LogP contribution is -2.24. The van der Waals surface area contributed by atoms with Crippen LogP contribution in [0.4, 0.5) is 5.82 Å². The first-order valence-corrected chi connectivity index (χ1v) is 9.49. The molecule has 8 heteroatoms. The van der Waals surface area contributed by atoms with Gasteiger partial charge in [-0.05, 0) is 36.2 Å². The minimum atomic E-state index is -0.267. The second-order valence-electron chi connectivity index (χ2n) is 6.60. The summed E-state index contributed by atoms with van der Waals surface area (Å²) in [5, 5.41) is 8.23. The highest BCUT2D eigenvalue weighted by atomic mass is 35.5. The van der Waals surface area contributed by atoms with Crippen LogP contribution in [0.2, 0.25) is 10.2 Å². The average Bonchev–Trinajstić information content (AvgIpc) is 2.95. The van der Waals surface area contributed by atoms with Gasteiger partial charge in [0, 0.05) is 31.9 Å². The number of aryl methyl sites for hydroxylation is 1. The molecule has 0 spiro atoms. The standard InChI is InChI=1S/C20H21Cl2N5O/c1-13-18(19(22)27(25-13)12-15-6-4-5-7-16(15)21)20(28)24-11-14-8-9-23-17(10-14)26(2)3/h4-10H,11-12H2,1-3H3,(H,24,28). The number of nitrogens with one attached hydrogen (secondary N) is 1. The Morgan fingerprint density at radius 1 is 1.21 bits per heavy atom. The van der Waals surface area contributed by atoms with Gasteiger partial charge in [-0.2, -0.15) is 5.10 Å². The van der Waals surface area contributed by atoms with Crippen LogP contribution < -0.4 is 10.2 Å². The zero-order valence-electron chi connectivity index (χ0n) is 15.9. The van der Waals surface area contributed by atoms with Gasteiger partial charge in [0.15, 0.2) is 0 Å². The van der Waals surface area contributed by atoms with Crippen molar-refractivity contribution in [2.45, 2.75) is 20.0 Å². The maximum Gasteiger partial charge on any atom is 0.256 e.